The van der Waals surface area contributed by atoms with Crippen molar-refractivity contribution in [1.82, 2.24) is 5.32 Å². The number of methoxy groups -OCH3 is 1. The second-order valence-electron chi connectivity index (χ2n) is 4.72. The van der Waals surface area contributed by atoms with Crippen LogP contribution in [0.2, 0.25) is 0 Å². The summed E-state index contributed by atoms with van der Waals surface area (Å²) in [5.41, 5.74) is 0.202. The van der Waals surface area contributed by atoms with Crippen molar-refractivity contribution >= 4 is 18.5 Å². The fraction of sp³-hybridized carbons (Fsp3) is 0.562. The Hall–Kier alpha value is -1.48. The van der Waals surface area contributed by atoms with Crippen LogP contribution in [0.3, 0.4) is 0 Å². The number of phenolic OH excluding ortho intramolecular Hbond substituents is 1. The first-order valence-corrected chi connectivity index (χ1v) is 8.31. The van der Waals surface area contributed by atoms with Gasteiger partial charge in [-0.2, -0.15) is 12.6 Å². The Bertz CT molecular complexity index is 486. The van der Waals surface area contributed by atoms with E-state index in [2.05, 4.69) is 17.9 Å². The summed E-state index contributed by atoms with van der Waals surface area (Å²) in [6, 6.07) is 4.55. The van der Waals surface area contributed by atoms with Crippen molar-refractivity contribution in [2.24, 2.45) is 0 Å². The number of ether oxygens (including phenoxy) is 4. The summed E-state index contributed by atoms with van der Waals surface area (Å²) in [7, 11) is 1.62. The van der Waals surface area contributed by atoms with E-state index in [9.17, 15) is 9.90 Å². The molecule has 8 heteroatoms. The quantitative estimate of drug-likeness (QED) is 0.361. The normalized spacial score (nSPS) is 10.6. The molecule has 24 heavy (non-hydrogen) atoms. The minimum Gasteiger partial charge on any atom is -0.507 e. The number of hydrogen-bond acceptors (Lipinski definition) is 7. The lowest BCUT2D eigenvalue weighted by molar-refractivity contribution is 0.0179. The number of amides is 1. The zero-order chi connectivity index (χ0) is 17.6. The van der Waals surface area contributed by atoms with E-state index < -0.39 is 0 Å². The van der Waals surface area contributed by atoms with E-state index in [0.717, 1.165) is 0 Å². The zero-order valence-electron chi connectivity index (χ0n) is 13.8. The lowest BCUT2D eigenvalue weighted by Gasteiger charge is -2.10. The molecule has 1 rings (SSSR count). The molecule has 7 nitrogen and oxygen atoms in total. The molecule has 1 aromatic carbocycles. The largest absolute Gasteiger partial charge is 0.507 e. The molecule has 0 aliphatic heterocycles. The molecular formula is C16H25NO6S. The SMILES string of the molecule is COCCOCCOCCOc1ccc(C(=O)NCCS)c(O)c1. The molecule has 1 amide bonds. The van der Waals surface area contributed by atoms with E-state index in [0.29, 0.717) is 57.7 Å². The summed E-state index contributed by atoms with van der Waals surface area (Å²) < 4.78 is 20.9. The first-order valence-electron chi connectivity index (χ1n) is 7.68. The number of rotatable bonds is 13. The van der Waals surface area contributed by atoms with E-state index in [1.54, 1.807) is 13.2 Å². The maximum Gasteiger partial charge on any atom is 0.255 e. The summed E-state index contributed by atoms with van der Waals surface area (Å²) in [5.74, 6) is 0.533. The van der Waals surface area contributed by atoms with Crippen LogP contribution in [0.25, 0.3) is 0 Å². The predicted molar refractivity (Wildman–Crippen MR) is 93.3 cm³/mol. The standard InChI is InChI=1S/C16H25NO6S/c1-20-5-6-21-7-8-22-9-10-23-13-2-3-14(15(18)12-13)16(19)17-4-11-24/h2-3,12,18,24H,4-11H2,1H3,(H,17,19). The predicted octanol–water partition coefficient (Wildman–Crippen LogP) is 1.11. The van der Waals surface area contributed by atoms with Crippen LogP contribution in [-0.2, 0) is 14.2 Å². The number of carbonyl (C=O) groups excluding carboxylic acids is 1. The lowest BCUT2D eigenvalue weighted by atomic mass is 10.2. The minimum atomic E-state index is -0.343. The summed E-state index contributed by atoms with van der Waals surface area (Å²) in [4.78, 5) is 11.8. The van der Waals surface area contributed by atoms with Gasteiger partial charge in [0.2, 0.25) is 0 Å². The lowest BCUT2D eigenvalue weighted by Crippen LogP contribution is -2.25. The number of benzene rings is 1. The minimum absolute atomic E-state index is 0.128. The van der Waals surface area contributed by atoms with Crippen molar-refractivity contribution in [1.29, 1.82) is 0 Å². The van der Waals surface area contributed by atoms with Crippen LogP contribution >= 0.6 is 12.6 Å². The van der Waals surface area contributed by atoms with Gasteiger partial charge in [-0.15, -0.1) is 0 Å². The molecule has 0 fully saturated rings. The Labute approximate surface area is 147 Å². The Morgan fingerprint density at radius 3 is 2.42 bits per heavy atom. The molecule has 0 atom stereocenters. The van der Waals surface area contributed by atoms with E-state index in [1.807, 2.05) is 0 Å². The maximum absolute atomic E-state index is 11.8. The van der Waals surface area contributed by atoms with Gasteiger partial charge in [0, 0.05) is 25.5 Å². The Kier molecular flexibility index (Phi) is 11.0. The highest BCUT2D eigenvalue weighted by molar-refractivity contribution is 7.80. The van der Waals surface area contributed by atoms with Crippen molar-refractivity contribution in [3.63, 3.8) is 0 Å². The molecule has 0 heterocycles. The third-order valence-corrected chi connectivity index (χ3v) is 3.13. The molecule has 0 aliphatic rings. The fourth-order valence-corrected chi connectivity index (χ4v) is 1.85. The molecule has 0 unspecified atom stereocenters. The van der Waals surface area contributed by atoms with Crippen LogP contribution in [0.4, 0.5) is 0 Å². The van der Waals surface area contributed by atoms with E-state index in [4.69, 9.17) is 18.9 Å². The monoisotopic (exact) mass is 359 g/mol. The average Bonchev–Trinajstić information content (AvgIpc) is 2.58. The highest BCUT2D eigenvalue weighted by Crippen LogP contribution is 2.23. The van der Waals surface area contributed by atoms with Crippen LogP contribution in [0.1, 0.15) is 10.4 Å². The van der Waals surface area contributed by atoms with Gasteiger partial charge in [-0.05, 0) is 12.1 Å². The van der Waals surface area contributed by atoms with Crippen LogP contribution in [0.5, 0.6) is 11.5 Å². The molecule has 0 radical (unpaired) electrons. The van der Waals surface area contributed by atoms with Crippen LogP contribution < -0.4 is 10.1 Å². The molecule has 0 saturated heterocycles. The molecule has 0 bridgehead atoms. The topological polar surface area (TPSA) is 86.2 Å². The van der Waals surface area contributed by atoms with Crippen molar-refractivity contribution in [2.75, 3.05) is 59.0 Å². The van der Waals surface area contributed by atoms with Gasteiger partial charge in [0.05, 0.1) is 38.6 Å². The van der Waals surface area contributed by atoms with Crippen LogP contribution in [0, 0.1) is 0 Å². The average molecular weight is 359 g/mol. The summed E-state index contributed by atoms with van der Waals surface area (Å²) >= 11 is 4.01. The molecule has 0 saturated carbocycles. The van der Waals surface area contributed by atoms with E-state index >= 15 is 0 Å². The van der Waals surface area contributed by atoms with Gasteiger partial charge in [-0.1, -0.05) is 0 Å². The summed E-state index contributed by atoms with van der Waals surface area (Å²) in [5, 5.41) is 12.5. The van der Waals surface area contributed by atoms with Gasteiger partial charge in [-0.3, -0.25) is 4.79 Å². The van der Waals surface area contributed by atoms with Crippen molar-refractivity contribution in [3.05, 3.63) is 23.8 Å². The number of thiol groups is 1. The van der Waals surface area contributed by atoms with E-state index in [1.165, 1.54) is 12.1 Å². The Morgan fingerprint density at radius 1 is 1.12 bits per heavy atom. The van der Waals surface area contributed by atoms with Gasteiger partial charge in [0.1, 0.15) is 18.1 Å². The number of carbonyl (C=O) groups is 1. The molecule has 2 N–H and O–H groups in total. The third kappa shape index (κ3) is 8.39. The second-order valence-corrected chi connectivity index (χ2v) is 5.17. The molecule has 0 aliphatic carbocycles. The van der Waals surface area contributed by atoms with Gasteiger partial charge >= 0.3 is 0 Å². The van der Waals surface area contributed by atoms with Gasteiger partial charge < -0.3 is 29.4 Å². The van der Waals surface area contributed by atoms with Gasteiger partial charge in [0.25, 0.3) is 5.91 Å². The fourth-order valence-electron chi connectivity index (χ4n) is 1.74. The summed E-state index contributed by atoms with van der Waals surface area (Å²) in [6.45, 7) is 3.26. The van der Waals surface area contributed by atoms with Crippen LogP contribution in [-0.4, -0.2) is 70.1 Å². The molecule has 0 aromatic heterocycles. The van der Waals surface area contributed by atoms with Crippen LogP contribution in [0.15, 0.2) is 18.2 Å². The zero-order valence-corrected chi connectivity index (χ0v) is 14.7. The number of hydrogen-bond donors (Lipinski definition) is 3. The number of aromatic hydroxyl groups is 1. The molecule has 136 valence electrons. The van der Waals surface area contributed by atoms with Crippen molar-refractivity contribution in [2.45, 2.75) is 0 Å². The Morgan fingerprint density at radius 2 is 1.79 bits per heavy atom. The third-order valence-electron chi connectivity index (χ3n) is 2.91. The summed E-state index contributed by atoms with van der Waals surface area (Å²) in [6.07, 6.45) is 0. The number of phenols is 1. The smallest absolute Gasteiger partial charge is 0.255 e. The highest BCUT2D eigenvalue weighted by atomic mass is 32.1. The highest BCUT2D eigenvalue weighted by Gasteiger charge is 2.11. The maximum atomic E-state index is 11.8. The molecule has 1 aromatic rings. The Balaban J connectivity index is 2.22. The van der Waals surface area contributed by atoms with Gasteiger partial charge in [0.15, 0.2) is 0 Å². The van der Waals surface area contributed by atoms with Crippen molar-refractivity contribution < 1.29 is 28.8 Å². The first-order chi connectivity index (χ1) is 11.7. The van der Waals surface area contributed by atoms with E-state index in [-0.39, 0.29) is 17.2 Å². The second kappa shape index (κ2) is 12.9. The molecular weight excluding hydrogens is 334 g/mol. The van der Waals surface area contributed by atoms with Crippen molar-refractivity contribution in [3.8, 4) is 11.5 Å². The number of nitrogens with one attached hydrogen (secondary N) is 1. The van der Waals surface area contributed by atoms with Gasteiger partial charge in [-0.25, -0.2) is 0 Å². The first kappa shape index (κ1) is 20.6. The molecule has 0 spiro atoms.